The normalized spacial score (nSPS) is 15.4. The number of hydrogen-bond donors (Lipinski definition) is 3. The molecule has 0 saturated heterocycles. The fraction of sp³-hybridized carbons (Fsp3) is 0.435. The van der Waals surface area contributed by atoms with Gasteiger partial charge >= 0.3 is 0 Å². The molecule has 4 rings (SSSR count). The van der Waals surface area contributed by atoms with Crippen molar-refractivity contribution in [3.8, 4) is 11.4 Å². The van der Waals surface area contributed by atoms with Crippen LogP contribution >= 0.6 is 11.6 Å². The molecule has 1 aliphatic carbocycles. The highest BCUT2D eigenvalue weighted by Crippen LogP contribution is 2.37. The summed E-state index contributed by atoms with van der Waals surface area (Å²) >= 11 is 5.75. The largest absolute Gasteiger partial charge is 0.388 e. The molecular formula is C23H26ClFN4O3. The molecule has 0 unspecified atom stereocenters. The number of H-pyrrole nitrogens is 1. The molecular weight excluding hydrogens is 435 g/mol. The molecule has 1 fully saturated rings. The molecule has 2 heterocycles. The predicted octanol–water partition coefficient (Wildman–Crippen LogP) is 3.88. The highest BCUT2D eigenvalue weighted by atomic mass is 35.5. The number of amides is 1. The second-order valence-corrected chi connectivity index (χ2v) is 9.69. The van der Waals surface area contributed by atoms with Crippen LogP contribution in [0.15, 0.2) is 29.2 Å². The third-order valence-electron chi connectivity index (χ3n) is 5.84. The maximum atomic E-state index is 13.9. The zero-order valence-electron chi connectivity index (χ0n) is 18.4. The van der Waals surface area contributed by atoms with Gasteiger partial charge in [0.15, 0.2) is 5.82 Å². The zero-order chi connectivity index (χ0) is 23.4. The van der Waals surface area contributed by atoms with Gasteiger partial charge in [0.1, 0.15) is 11.3 Å². The first-order valence-electron chi connectivity index (χ1n) is 10.6. The summed E-state index contributed by atoms with van der Waals surface area (Å²) in [6.45, 7) is 7.14. The van der Waals surface area contributed by atoms with E-state index >= 15 is 0 Å². The highest BCUT2D eigenvalue weighted by molar-refractivity contribution is 6.30. The van der Waals surface area contributed by atoms with Gasteiger partial charge in [-0.25, -0.2) is 8.91 Å². The number of aromatic amines is 1. The number of halogens is 2. The van der Waals surface area contributed by atoms with E-state index in [1.165, 1.54) is 22.8 Å². The lowest BCUT2D eigenvalue weighted by molar-refractivity contribution is 0.0275. The third-order valence-corrected chi connectivity index (χ3v) is 6.14. The predicted molar refractivity (Wildman–Crippen MR) is 121 cm³/mol. The first kappa shape index (κ1) is 22.5. The first-order chi connectivity index (χ1) is 15.0. The molecule has 7 nitrogen and oxygen atoms in total. The van der Waals surface area contributed by atoms with E-state index in [1.54, 1.807) is 19.9 Å². The Hall–Kier alpha value is -2.71. The van der Waals surface area contributed by atoms with Crippen molar-refractivity contribution >= 4 is 23.0 Å². The van der Waals surface area contributed by atoms with Crippen molar-refractivity contribution in [3.05, 3.63) is 56.7 Å². The molecule has 0 aliphatic heterocycles. The van der Waals surface area contributed by atoms with Gasteiger partial charge in [0.25, 0.3) is 11.5 Å². The van der Waals surface area contributed by atoms with Crippen molar-refractivity contribution in [2.24, 2.45) is 5.92 Å². The van der Waals surface area contributed by atoms with Gasteiger partial charge in [0.05, 0.1) is 22.2 Å². The van der Waals surface area contributed by atoms with E-state index in [4.69, 9.17) is 11.6 Å². The van der Waals surface area contributed by atoms with Crippen LogP contribution in [0.4, 0.5) is 4.39 Å². The molecule has 1 atom stereocenters. The highest BCUT2D eigenvalue weighted by Gasteiger charge is 2.41. The smallest absolute Gasteiger partial charge is 0.275 e. The Kier molecular flexibility index (Phi) is 5.63. The lowest BCUT2D eigenvalue weighted by Gasteiger charge is -2.30. The summed E-state index contributed by atoms with van der Waals surface area (Å²) in [6, 6.07) is 3.74. The minimum Gasteiger partial charge on any atom is -0.388 e. The number of hydrogen-bond acceptors (Lipinski definition) is 4. The molecule has 1 saturated carbocycles. The van der Waals surface area contributed by atoms with Crippen LogP contribution in [-0.2, 0) is 0 Å². The molecule has 2 aromatic heterocycles. The zero-order valence-corrected chi connectivity index (χ0v) is 19.1. The maximum Gasteiger partial charge on any atom is 0.275 e. The van der Waals surface area contributed by atoms with E-state index in [9.17, 15) is 19.1 Å². The molecule has 3 N–H and O–H groups in total. The Labute approximate surface area is 189 Å². The van der Waals surface area contributed by atoms with E-state index in [2.05, 4.69) is 15.4 Å². The van der Waals surface area contributed by atoms with Crippen LogP contribution in [0.2, 0.25) is 5.02 Å². The van der Waals surface area contributed by atoms with E-state index in [-0.39, 0.29) is 34.1 Å². The number of aromatic nitrogens is 3. The minimum atomic E-state index is -1.07. The molecule has 1 aliphatic rings. The fourth-order valence-corrected chi connectivity index (χ4v) is 4.29. The summed E-state index contributed by atoms with van der Waals surface area (Å²) in [5.41, 5.74) is -0.00523. The topological polar surface area (TPSA) is 99.5 Å². The number of fused-ring (bicyclic) bond motifs is 1. The van der Waals surface area contributed by atoms with Crippen molar-refractivity contribution in [1.29, 1.82) is 0 Å². The van der Waals surface area contributed by atoms with Crippen molar-refractivity contribution < 1.29 is 14.3 Å². The number of carbonyl (C=O) groups excluding carboxylic acids is 1. The average molecular weight is 461 g/mol. The maximum absolute atomic E-state index is 13.9. The van der Waals surface area contributed by atoms with Crippen LogP contribution in [0.25, 0.3) is 16.9 Å². The van der Waals surface area contributed by atoms with E-state index < -0.39 is 23.0 Å². The van der Waals surface area contributed by atoms with Crippen molar-refractivity contribution in [2.45, 2.75) is 58.1 Å². The van der Waals surface area contributed by atoms with Crippen LogP contribution in [0.3, 0.4) is 0 Å². The average Bonchev–Trinajstić information content (AvgIpc) is 3.45. The van der Waals surface area contributed by atoms with Gasteiger partial charge in [0.2, 0.25) is 0 Å². The van der Waals surface area contributed by atoms with Crippen molar-refractivity contribution in [3.63, 3.8) is 0 Å². The van der Waals surface area contributed by atoms with Gasteiger partial charge in [-0.1, -0.05) is 25.4 Å². The SMILES string of the molecule is CC(C)c1c(C(=O)N[C@@H](C2CC2)C(C)(C)O)cn2nc(-c3ccc(Cl)c(F)c3)[nH]c(=O)c12. The molecule has 0 radical (unpaired) electrons. The molecule has 3 aromatic rings. The number of nitrogens with zero attached hydrogens (tertiary/aromatic N) is 2. The molecule has 170 valence electrons. The quantitative estimate of drug-likeness (QED) is 0.519. The number of benzene rings is 1. The third kappa shape index (κ3) is 4.17. The Bertz CT molecular complexity index is 1250. The Morgan fingerprint density at radius 3 is 2.62 bits per heavy atom. The molecule has 0 spiro atoms. The standard InChI is InChI=1S/C23H26ClFN4O3/c1-11(2)17-14(21(30)26-19(12-5-6-12)23(3,4)32)10-29-18(17)22(31)27-20(28-29)13-7-8-15(24)16(25)9-13/h7-12,19,32H,5-6H2,1-4H3,(H,26,30)(H,27,28,31)/t19-/m0/s1. The molecule has 32 heavy (non-hydrogen) atoms. The second-order valence-electron chi connectivity index (χ2n) is 9.28. The molecule has 9 heteroatoms. The van der Waals surface area contributed by atoms with E-state index in [0.29, 0.717) is 16.7 Å². The lowest BCUT2D eigenvalue weighted by Crippen LogP contribution is -2.50. The second kappa shape index (κ2) is 8.01. The Morgan fingerprint density at radius 1 is 1.38 bits per heavy atom. The van der Waals surface area contributed by atoms with E-state index in [0.717, 1.165) is 12.8 Å². The number of carbonyl (C=O) groups is 1. The van der Waals surface area contributed by atoms with Crippen LogP contribution in [0.1, 0.15) is 62.4 Å². The number of rotatable bonds is 6. The van der Waals surface area contributed by atoms with E-state index in [1.807, 2.05) is 13.8 Å². The minimum absolute atomic E-state index is 0.0313. The summed E-state index contributed by atoms with van der Waals surface area (Å²) in [4.78, 5) is 28.9. The van der Waals surface area contributed by atoms with Crippen LogP contribution in [-0.4, -0.2) is 37.3 Å². The van der Waals surface area contributed by atoms with Gasteiger partial charge in [0, 0.05) is 17.3 Å². The summed E-state index contributed by atoms with van der Waals surface area (Å²) in [5, 5.41) is 17.9. The van der Waals surface area contributed by atoms with Crippen molar-refractivity contribution in [2.75, 3.05) is 0 Å². The summed E-state index contributed by atoms with van der Waals surface area (Å²) in [5.74, 6) is -0.741. The van der Waals surface area contributed by atoms with Gasteiger partial charge in [-0.3, -0.25) is 9.59 Å². The summed E-state index contributed by atoms with van der Waals surface area (Å²) in [7, 11) is 0. The molecule has 0 bridgehead atoms. The van der Waals surface area contributed by atoms with Gasteiger partial charge in [-0.05, 0) is 56.7 Å². The first-order valence-corrected chi connectivity index (χ1v) is 11.0. The lowest BCUT2D eigenvalue weighted by atomic mass is 9.93. The summed E-state index contributed by atoms with van der Waals surface area (Å²) < 4.78 is 15.3. The monoisotopic (exact) mass is 460 g/mol. The molecule has 1 aromatic carbocycles. The van der Waals surface area contributed by atoms with Crippen LogP contribution in [0, 0.1) is 11.7 Å². The fourth-order valence-electron chi connectivity index (χ4n) is 4.17. The van der Waals surface area contributed by atoms with Crippen LogP contribution < -0.4 is 10.9 Å². The van der Waals surface area contributed by atoms with Gasteiger partial charge < -0.3 is 15.4 Å². The van der Waals surface area contributed by atoms with Gasteiger partial charge in [-0.15, -0.1) is 5.10 Å². The summed E-state index contributed by atoms with van der Waals surface area (Å²) in [6.07, 6.45) is 3.41. The Morgan fingerprint density at radius 2 is 2.06 bits per heavy atom. The van der Waals surface area contributed by atoms with Gasteiger partial charge in [-0.2, -0.15) is 0 Å². The number of nitrogens with one attached hydrogen (secondary N) is 2. The van der Waals surface area contributed by atoms with Crippen molar-refractivity contribution in [1.82, 2.24) is 19.9 Å². The Balaban J connectivity index is 1.80. The van der Waals surface area contributed by atoms with Crippen LogP contribution in [0.5, 0.6) is 0 Å². The number of aliphatic hydroxyl groups is 1. The molecule has 1 amide bonds.